The minimum Gasteiger partial charge on any atom is -0.756 e. The van der Waals surface area contributed by atoms with Crippen LogP contribution in [0.2, 0.25) is 0 Å². The van der Waals surface area contributed by atoms with E-state index in [1.165, 1.54) is 16.8 Å². The summed E-state index contributed by atoms with van der Waals surface area (Å²) in [6.07, 6.45) is 4.89. The van der Waals surface area contributed by atoms with Gasteiger partial charge in [0, 0.05) is 12.1 Å². The van der Waals surface area contributed by atoms with Gasteiger partial charge in [-0.25, -0.2) is 18.2 Å². The number of hydrogen-bond acceptors (Lipinski definition) is 10. The molecule has 2 rings (SSSR count). The van der Waals surface area contributed by atoms with Gasteiger partial charge in [0.05, 0.1) is 12.6 Å². The lowest BCUT2D eigenvalue weighted by Gasteiger charge is -2.21. The molecular formula is C10H15N3O11P3-. The number of anilines is 1. The van der Waals surface area contributed by atoms with E-state index in [1.54, 1.807) is 12.2 Å². The van der Waals surface area contributed by atoms with Crippen molar-refractivity contribution in [2.45, 2.75) is 12.5 Å². The summed E-state index contributed by atoms with van der Waals surface area (Å²) < 4.78 is 46.1. The quantitative estimate of drug-likeness (QED) is 0.296. The van der Waals surface area contributed by atoms with Crippen LogP contribution in [0.4, 0.5) is 5.82 Å². The highest BCUT2D eigenvalue weighted by atomic mass is 31.3. The summed E-state index contributed by atoms with van der Waals surface area (Å²) in [6.45, 7) is -0.466. The van der Waals surface area contributed by atoms with Gasteiger partial charge in [-0.1, -0.05) is 12.2 Å². The highest BCUT2D eigenvalue weighted by molar-refractivity contribution is 7.66. The first-order valence-electron chi connectivity index (χ1n) is 7.06. The van der Waals surface area contributed by atoms with Gasteiger partial charge >= 0.3 is 21.3 Å². The van der Waals surface area contributed by atoms with Crippen molar-refractivity contribution in [2.75, 3.05) is 12.3 Å². The van der Waals surface area contributed by atoms with Gasteiger partial charge in [0.1, 0.15) is 5.82 Å². The van der Waals surface area contributed by atoms with E-state index in [4.69, 9.17) is 15.5 Å². The average molecular weight is 446 g/mol. The second kappa shape index (κ2) is 8.06. The molecule has 1 aromatic heterocycles. The third-order valence-electron chi connectivity index (χ3n) is 3.22. The minimum absolute atomic E-state index is 0.0534. The molecular weight excluding hydrogens is 431 g/mol. The number of nitrogen functional groups attached to an aromatic ring is 1. The van der Waals surface area contributed by atoms with Gasteiger partial charge in [-0.3, -0.25) is 13.7 Å². The summed E-state index contributed by atoms with van der Waals surface area (Å²) in [6, 6.07) is 0.995. The molecule has 14 nitrogen and oxygen atoms in total. The average Bonchev–Trinajstić information content (AvgIpc) is 2.90. The van der Waals surface area contributed by atoms with Crippen LogP contribution in [0, 0.1) is 5.92 Å². The zero-order valence-electron chi connectivity index (χ0n) is 13.3. The lowest BCUT2D eigenvalue weighted by atomic mass is 10.1. The van der Waals surface area contributed by atoms with E-state index in [0.717, 1.165) is 0 Å². The van der Waals surface area contributed by atoms with Gasteiger partial charge < -0.3 is 25.3 Å². The summed E-state index contributed by atoms with van der Waals surface area (Å²) in [7, 11) is -16.5. The molecule has 0 aromatic carbocycles. The van der Waals surface area contributed by atoms with Crippen molar-refractivity contribution in [1.29, 1.82) is 0 Å². The monoisotopic (exact) mass is 446 g/mol. The first-order valence-corrected chi connectivity index (χ1v) is 11.5. The Morgan fingerprint density at radius 2 is 1.89 bits per heavy atom. The molecule has 1 aliphatic rings. The molecule has 5 atom stereocenters. The van der Waals surface area contributed by atoms with Crippen molar-refractivity contribution in [2.24, 2.45) is 5.92 Å². The molecule has 1 aromatic rings. The van der Waals surface area contributed by atoms with Gasteiger partial charge in [-0.2, -0.15) is 9.29 Å². The van der Waals surface area contributed by atoms with E-state index >= 15 is 0 Å². The van der Waals surface area contributed by atoms with E-state index in [2.05, 4.69) is 18.1 Å². The summed E-state index contributed by atoms with van der Waals surface area (Å²) >= 11 is 0. The molecule has 1 aliphatic carbocycles. The number of aromatic nitrogens is 2. The smallest absolute Gasteiger partial charge is 0.487 e. The van der Waals surface area contributed by atoms with Crippen LogP contribution in [0.25, 0.3) is 0 Å². The molecule has 152 valence electrons. The van der Waals surface area contributed by atoms with Crippen LogP contribution < -0.4 is 16.3 Å². The normalized spacial score (nSPS) is 26.2. The van der Waals surface area contributed by atoms with Crippen molar-refractivity contribution in [3.63, 3.8) is 0 Å². The number of phosphoric ester groups is 1. The van der Waals surface area contributed by atoms with E-state index < -0.39 is 47.7 Å². The Kier molecular flexibility index (Phi) is 6.60. The van der Waals surface area contributed by atoms with Crippen molar-refractivity contribution in [1.82, 2.24) is 9.55 Å². The molecule has 17 heteroatoms. The highest BCUT2D eigenvalue weighted by Crippen LogP contribution is 2.65. The van der Waals surface area contributed by atoms with Gasteiger partial charge in [-0.15, -0.1) is 0 Å². The fourth-order valence-electron chi connectivity index (χ4n) is 2.25. The fourth-order valence-corrected chi connectivity index (χ4v) is 5.29. The summed E-state index contributed by atoms with van der Waals surface area (Å²) in [5, 5.41) is 0. The molecule has 0 saturated heterocycles. The first-order chi connectivity index (χ1) is 12.3. The Bertz CT molecular complexity index is 924. The lowest BCUT2D eigenvalue weighted by molar-refractivity contribution is -0.212. The lowest BCUT2D eigenvalue weighted by Crippen LogP contribution is -2.26. The predicted molar refractivity (Wildman–Crippen MR) is 86.8 cm³/mol. The van der Waals surface area contributed by atoms with Gasteiger partial charge in [0.15, 0.2) is 0 Å². The Balaban J connectivity index is 1.92. The van der Waals surface area contributed by atoms with Crippen molar-refractivity contribution in [3.05, 3.63) is 34.9 Å². The minimum atomic E-state index is -5.70. The topological polar surface area (TPSA) is 224 Å². The van der Waals surface area contributed by atoms with Gasteiger partial charge in [-0.05, 0) is 12.5 Å². The number of nitrogens with two attached hydrogens (primary N) is 1. The molecule has 0 aliphatic heterocycles. The second-order valence-corrected chi connectivity index (χ2v) is 9.73. The van der Waals surface area contributed by atoms with Crippen LogP contribution in [0.3, 0.4) is 0 Å². The zero-order valence-corrected chi connectivity index (χ0v) is 16.0. The fraction of sp³-hybridized carbons (Fsp3) is 0.400. The largest absolute Gasteiger partial charge is 0.756 e. The molecule has 0 radical (unpaired) electrons. The zero-order chi connectivity index (χ0) is 20.5. The number of hydrogen-bond donors (Lipinski definition) is 4. The van der Waals surface area contributed by atoms with E-state index in [1.807, 2.05) is 0 Å². The van der Waals surface area contributed by atoms with Crippen molar-refractivity contribution in [3.8, 4) is 0 Å². The Morgan fingerprint density at radius 3 is 2.48 bits per heavy atom. The SMILES string of the molecule is Nc1ccn([C@H]2C=C[C@@H](COP(=O)(O)OP(=O)(O)OP(=O)([O-])O)C2)c(=O)n1. The number of allylic oxidation sites excluding steroid dienone is 1. The molecule has 1 heterocycles. The van der Waals surface area contributed by atoms with Gasteiger partial charge in [0.25, 0.3) is 7.82 Å². The molecule has 0 amide bonds. The third-order valence-corrected chi connectivity index (χ3v) is 7.00. The van der Waals surface area contributed by atoms with Crippen LogP contribution in [0.1, 0.15) is 12.5 Å². The third kappa shape index (κ3) is 7.05. The highest BCUT2D eigenvalue weighted by Gasteiger charge is 2.38. The molecule has 3 unspecified atom stereocenters. The van der Waals surface area contributed by atoms with Crippen molar-refractivity contribution >= 4 is 29.3 Å². The Morgan fingerprint density at radius 1 is 1.22 bits per heavy atom. The number of rotatable bonds is 8. The molecule has 0 fully saturated rings. The maximum atomic E-state index is 11.8. The Hall–Kier alpha value is -1.17. The van der Waals surface area contributed by atoms with Crippen LogP contribution >= 0.6 is 23.5 Å². The summed E-state index contributed by atoms with van der Waals surface area (Å²) in [5.41, 5.74) is 4.81. The molecule has 27 heavy (non-hydrogen) atoms. The molecule has 0 saturated carbocycles. The first kappa shape index (κ1) is 22.1. The summed E-state index contributed by atoms with van der Waals surface area (Å²) in [5.74, 6) is -0.427. The predicted octanol–water partition coefficient (Wildman–Crippen LogP) is -0.346. The second-order valence-electron chi connectivity index (χ2n) is 5.36. The van der Waals surface area contributed by atoms with Crippen LogP contribution in [0.15, 0.2) is 29.2 Å². The maximum Gasteiger partial charge on any atom is 0.487 e. The standard InChI is InChI=1S/C10H16N3O11P3/c11-9-3-4-13(10(14)12-9)8-2-1-7(5-8)6-22-26(18,19)24-27(20,21)23-25(15,16)17/h1-4,7-8H,5-6H2,(H,18,19)(H,20,21)(H2,11,12,14)(H2,15,16,17)/p-1/t7-,8+/m1/s1. The summed E-state index contributed by atoms with van der Waals surface area (Å²) in [4.78, 5) is 52.5. The van der Waals surface area contributed by atoms with E-state index in [0.29, 0.717) is 0 Å². The van der Waals surface area contributed by atoms with Crippen molar-refractivity contribution < 1.29 is 46.4 Å². The van der Waals surface area contributed by atoms with Gasteiger partial charge in [0.2, 0.25) is 0 Å². The maximum absolute atomic E-state index is 11.8. The molecule has 0 bridgehead atoms. The van der Waals surface area contributed by atoms with Crippen LogP contribution in [-0.2, 0) is 26.8 Å². The molecule has 5 N–H and O–H groups in total. The van der Waals surface area contributed by atoms with Crippen LogP contribution in [0.5, 0.6) is 0 Å². The Labute approximate surface area is 151 Å². The van der Waals surface area contributed by atoms with E-state index in [9.17, 15) is 28.3 Å². The van der Waals surface area contributed by atoms with Crippen LogP contribution in [-0.4, -0.2) is 30.8 Å². The molecule has 0 spiro atoms. The number of nitrogens with zero attached hydrogens (tertiary/aromatic N) is 2. The van der Waals surface area contributed by atoms with E-state index in [-0.39, 0.29) is 12.2 Å². The number of phosphoric acid groups is 3.